The van der Waals surface area contributed by atoms with E-state index in [0.717, 1.165) is 16.5 Å². The second-order valence-electron chi connectivity index (χ2n) is 9.23. The molecular formula is C26H40N6O2S2. The van der Waals surface area contributed by atoms with Crippen LogP contribution in [0.4, 0.5) is 11.6 Å². The van der Waals surface area contributed by atoms with Gasteiger partial charge in [-0.2, -0.15) is 0 Å². The summed E-state index contributed by atoms with van der Waals surface area (Å²) in [5.41, 5.74) is 1.45. The number of anilines is 2. The van der Waals surface area contributed by atoms with E-state index in [1.165, 1.54) is 74.9 Å². The zero-order chi connectivity index (χ0) is 25.9. The Balaban J connectivity index is 0.000000201. The van der Waals surface area contributed by atoms with Crippen LogP contribution in [0.15, 0.2) is 22.7 Å². The van der Waals surface area contributed by atoms with E-state index in [9.17, 15) is 9.90 Å². The van der Waals surface area contributed by atoms with Crippen molar-refractivity contribution in [3.05, 3.63) is 23.5 Å². The third-order valence-corrected chi connectivity index (χ3v) is 7.81. The normalized spacial score (nSPS) is 16.9. The van der Waals surface area contributed by atoms with E-state index in [4.69, 9.17) is 0 Å². The van der Waals surface area contributed by atoms with Crippen molar-refractivity contribution in [2.24, 2.45) is 0 Å². The van der Waals surface area contributed by atoms with Crippen LogP contribution in [-0.4, -0.2) is 55.4 Å². The molecule has 2 heterocycles. The van der Waals surface area contributed by atoms with E-state index in [0.29, 0.717) is 41.5 Å². The zero-order valence-corrected chi connectivity index (χ0v) is 23.6. The second kappa shape index (κ2) is 14.7. The molecule has 8 nitrogen and oxygen atoms in total. The van der Waals surface area contributed by atoms with Gasteiger partial charge in [0.2, 0.25) is 0 Å². The van der Waals surface area contributed by atoms with Gasteiger partial charge >= 0.3 is 0 Å². The van der Waals surface area contributed by atoms with Crippen LogP contribution >= 0.6 is 23.5 Å². The zero-order valence-electron chi connectivity index (χ0n) is 21.9. The molecule has 2 aromatic heterocycles. The van der Waals surface area contributed by atoms with Crippen molar-refractivity contribution < 1.29 is 9.90 Å². The van der Waals surface area contributed by atoms with Crippen LogP contribution in [0.3, 0.4) is 0 Å². The van der Waals surface area contributed by atoms with Crippen LogP contribution in [0.5, 0.6) is 0 Å². The highest BCUT2D eigenvalue weighted by atomic mass is 32.2. The number of hydrogen-bond donors (Lipinski definition) is 3. The number of carbonyl (C=O) groups is 1. The summed E-state index contributed by atoms with van der Waals surface area (Å²) in [5, 5.41) is 18.4. The van der Waals surface area contributed by atoms with Gasteiger partial charge in [0.05, 0.1) is 11.7 Å². The molecule has 2 saturated carbocycles. The monoisotopic (exact) mass is 532 g/mol. The minimum absolute atomic E-state index is 0.100. The van der Waals surface area contributed by atoms with Gasteiger partial charge in [-0.1, -0.05) is 63.1 Å². The van der Waals surface area contributed by atoms with E-state index in [2.05, 4.69) is 30.6 Å². The number of ketones is 1. The lowest BCUT2D eigenvalue weighted by Crippen LogP contribution is -2.18. The van der Waals surface area contributed by atoms with Gasteiger partial charge in [-0.3, -0.25) is 4.79 Å². The molecular weight excluding hydrogens is 492 g/mol. The average Bonchev–Trinajstić information content (AvgIpc) is 3.62. The number of thioether (sulfide) groups is 2. The molecule has 1 unspecified atom stereocenters. The summed E-state index contributed by atoms with van der Waals surface area (Å²) in [7, 11) is 0. The molecule has 2 aliphatic carbocycles. The topological polar surface area (TPSA) is 113 Å². The van der Waals surface area contributed by atoms with Crippen molar-refractivity contribution >= 4 is 40.9 Å². The smallest absolute Gasteiger partial charge is 0.189 e. The van der Waals surface area contributed by atoms with Crippen molar-refractivity contribution in [1.82, 2.24) is 19.9 Å². The molecule has 0 aliphatic heterocycles. The Labute approximate surface area is 223 Å². The van der Waals surface area contributed by atoms with Crippen molar-refractivity contribution in [2.75, 3.05) is 23.1 Å². The number of carbonyl (C=O) groups excluding carboxylic acids is 1. The van der Waals surface area contributed by atoms with Gasteiger partial charge in [-0.05, 0) is 44.6 Å². The van der Waals surface area contributed by atoms with Gasteiger partial charge in [0.25, 0.3) is 0 Å². The Kier molecular flexibility index (Phi) is 11.7. The number of aliphatic hydroxyl groups is 1. The van der Waals surface area contributed by atoms with Crippen LogP contribution in [0.1, 0.15) is 100 Å². The van der Waals surface area contributed by atoms with E-state index < -0.39 is 6.10 Å². The van der Waals surface area contributed by atoms with Gasteiger partial charge < -0.3 is 15.7 Å². The number of nitrogens with zero attached hydrogens (tertiary/aromatic N) is 4. The van der Waals surface area contributed by atoms with E-state index in [1.54, 1.807) is 12.4 Å². The fourth-order valence-electron chi connectivity index (χ4n) is 4.55. The predicted molar refractivity (Wildman–Crippen MR) is 149 cm³/mol. The van der Waals surface area contributed by atoms with Crippen LogP contribution < -0.4 is 10.6 Å². The molecule has 198 valence electrons. The van der Waals surface area contributed by atoms with Crippen LogP contribution in [-0.2, 0) is 0 Å². The lowest BCUT2D eigenvalue weighted by atomic mass is 10.1. The summed E-state index contributed by atoms with van der Waals surface area (Å²) in [6.07, 6.45) is 17.8. The predicted octanol–water partition coefficient (Wildman–Crippen LogP) is 6.14. The second-order valence-corrected chi connectivity index (χ2v) is 10.8. The van der Waals surface area contributed by atoms with Crippen LogP contribution in [0.25, 0.3) is 0 Å². The highest BCUT2D eigenvalue weighted by molar-refractivity contribution is 7.98. The van der Waals surface area contributed by atoms with Gasteiger partial charge in [-0.25, -0.2) is 19.9 Å². The molecule has 3 N–H and O–H groups in total. The Hall–Kier alpha value is -1.91. The quantitative estimate of drug-likeness (QED) is 0.187. The maximum absolute atomic E-state index is 11.9. The number of hydrogen-bond acceptors (Lipinski definition) is 10. The minimum atomic E-state index is -0.482. The molecule has 10 heteroatoms. The van der Waals surface area contributed by atoms with Crippen LogP contribution in [0.2, 0.25) is 0 Å². The summed E-state index contributed by atoms with van der Waals surface area (Å²) in [6, 6.07) is 0.954. The summed E-state index contributed by atoms with van der Waals surface area (Å²) in [6.45, 7) is 3.83. The lowest BCUT2D eigenvalue weighted by molar-refractivity contribution is 0.0988. The first-order valence-corrected chi connectivity index (χ1v) is 15.5. The largest absolute Gasteiger partial charge is 0.388 e. The van der Waals surface area contributed by atoms with Crippen molar-refractivity contribution in [2.45, 2.75) is 107 Å². The summed E-state index contributed by atoms with van der Waals surface area (Å²) in [4.78, 5) is 29.3. The standard InChI is InChI=1S/C13H21N3OS.C13H19N3OS/c2*1-3-11(17)10-8-14-13(18-2)16-12(10)15-9-6-4-5-7-9/h8-9,11,17H,3-7H2,1-2H3,(H,14,15,16);8-9H,3-7H2,1-2H3,(H,14,15,16). The number of aliphatic hydroxyl groups excluding tert-OH is 1. The third kappa shape index (κ3) is 8.05. The Morgan fingerprint density at radius 3 is 1.92 bits per heavy atom. The van der Waals surface area contributed by atoms with Crippen molar-refractivity contribution in [3.63, 3.8) is 0 Å². The molecule has 0 spiro atoms. The maximum atomic E-state index is 11.9. The fourth-order valence-corrected chi connectivity index (χ4v) is 5.23. The molecule has 1 atom stereocenters. The van der Waals surface area contributed by atoms with Gasteiger partial charge in [0.15, 0.2) is 16.1 Å². The highest BCUT2D eigenvalue weighted by Crippen LogP contribution is 2.29. The molecule has 0 amide bonds. The first kappa shape index (κ1) is 28.7. The molecule has 4 rings (SSSR count). The molecule has 2 aromatic rings. The Bertz CT molecular complexity index is 981. The molecule has 36 heavy (non-hydrogen) atoms. The van der Waals surface area contributed by atoms with Gasteiger partial charge in [0, 0.05) is 36.5 Å². The van der Waals surface area contributed by atoms with Crippen molar-refractivity contribution in [3.8, 4) is 0 Å². The van der Waals surface area contributed by atoms with Gasteiger partial charge in [-0.15, -0.1) is 0 Å². The molecule has 0 aromatic carbocycles. The Morgan fingerprint density at radius 2 is 1.42 bits per heavy atom. The minimum Gasteiger partial charge on any atom is -0.388 e. The lowest BCUT2D eigenvalue weighted by Gasteiger charge is -2.18. The SMILES string of the molecule is CCC(=O)c1cnc(SC)nc1NC1CCCC1.CCC(O)c1cnc(SC)nc1NC1CCCC1. The average molecular weight is 533 g/mol. The highest BCUT2D eigenvalue weighted by Gasteiger charge is 2.21. The summed E-state index contributed by atoms with van der Waals surface area (Å²) < 4.78 is 0. The fraction of sp³-hybridized carbons (Fsp3) is 0.654. The number of nitrogens with one attached hydrogen (secondary N) is 2. The van der Waals surface area contributed by atoms with Crippen molar-refractivity contribution in [1.29, 1.82) is 0 Å². The van der Waals surface area contributed by atoms with E-state index >= 15 is 0 Å². The number of aromatic nitrogens is 4. The molecule has 2 fully saturated rings. The van der Waals surface area contributed by atoms with E-state index in [-0.39, 0.29) is 5.78 Å². The number of Topliss-reactive ketones (excluding diaryl/α,β-unsaturated/α-hetero) is 1. The summed E-state index contributed by atoms with van der Waals surface area (Å²) >= 11 is 3.02. The summed E-state index contributed by atoms with van der Waals surface area (Å²) in [5.74, 6) is 1.63. The van der Waals surface area contributed by atoms with Gasteiger partial charge in [0.1, 0.15) is 11.6 Å². The third-order valence-electron chi connectivity index (χ3n) is 6.69. The first-order valence-electron chi connectivity index (χ1n) is 13.0. The Morgan fingerprint density at radius 1 is 0.917 bits per heavy atom. The van der Waals surface area contributed by atoms with E-state index in [1.807, 2.05) is 26.4 Å². The van der Waals surface area contributed by atoms with Crippen LogP contribution in [0, 0.1) is 0 Å². The molecule has 0 radical (unpaired) electrons. The number of rotatable bonds is 10. The molecule has 0 saturated heterocycles. The maximum Gasteiger partial charge on any atom is 0.189 e. The molecule has 0 bridgehead atoms. The first-order chi connectivity index (χ1) is 17.5. The molecule has 2 aliphatic rings.